The fourth-order valence-electron chi connectivity index (χ4n) is 1.08. The maximum atomic E-state index is 11.5. The van der Waals surface area contributed by atoms with Crippen LogP contribution in [0, 0.1) is 0 Å². The Bertz CT molecular complexity index is 207. The number of amides is 2. The number of hydrogen-bond acceptors (Lipinski definition) is 3. The Morgan fingerprint density at radius 2 is 1.93 bits per heavy atom. The summed E-state index contributed by atoms with van der Waals surface area (Å²) in [7, 11) is 0. The summed E-state index contributed by atoms with van der Waals surface area (Å²) in [5, 5.41) is 2.65. The molecular formula is C10H20N2O3. The summed E-state index contributed by atoms with van der Waals surface area (Å²) in [5.41, 5.74) is 0. The lowest BCUT2D eigenvalue weighted by molar-refractivity contribution is -0.139. The lowest BCUT2D eigenvalue weighted by atomic mass is 10.4. The number of nitrogens with zero attached hydrogens (tertiary/aromatic N) is 1. The van der Waals surface area contributed by atoms with Gasteiger partial charge in [-0.15, -0.1) is 0 Å². The van der Waals surface area contributed by atoms with Crippen LogP contribution in [0.5, 0.6) is 0 Å². The molecule has 0 heterocycles. The Kier molecular flexibility index (Phi) is 7.62. The molecular weight excluding hydrogens is 196 g/mol. The standard InChI is InChI=1S/C10H20N2O3/c1-4-11-9(13)7-12(5-2)10(14)8-15-6-3/h4-8H2,1-3H3,(H,11,13). The van der Waals surface area contributed by atoms with Crippen molar-refractivity contribution in [2.24, 2.45) is 0 Å². The number of carbonyl (C=O) groups is 2. The number of rotatable bonds is 7. The van der Waals surface area contributed by atoms with E-state index in [0.717, 1.165) is 0 Å². The first kappa shape index (κ1) is 13.9. The van der Waals surface area contributed by atoms with Crippen LogP contribution in [0.3, 0.4) is 0 Å². The summed E-state index contributed by atoms with van der Waals surface area (Å²) < 4.78 is 5.00. The number of ether oxygens (including phenoxy) is 1. The molecule has 0 fully saturated rings. The van der Waals surface area contributed by atoms with E-state index in [1.165, 1.54) is 4.90 Å². The molecule has 0 aliphatic heterocycles. The van der Waals surface area contributed by atoms with E-state index in [0.29, 0.717) is 19.7 Å². The third kappa shape index (κ3) is 6.06. The highest BCUT2D eigenvalue weighted by Gasteiger charge is 2.14. The lowest BCUT2D eigenvalue weighted by Gasteiger charge is -2.19. The van der Waals surface area contributed by atoms with Gasteiger partial charge in [0.25, 0.3) is 0 Å². The average molecular weight is 216 g/mol. The van der Waals surface area contributed by atoms with Crippen LogP contribution >= 0.6 is 0 Å². The van der Waals surface area contributed by atoms with E-state index < -0.39 is 0 Å². The largest absolute Gasteiger partial charge is 0.372 e. The van der Waals surface area contributed by atoms with Crippen molar-refractivity contribution in [3.05, 3.63) is 0 Å². The summed E-state index contributed by atoms with van der Waals surface area (Å²) in [5.74, 6) is -0.283. The van der Waals surface area contributed by atoms with Crippen molar-refractivity contribution in [3.8, 4) is 0 Å². The third-order valence-corrected chi connectivity index (χ3v) is 1.87. The summed E-state index contributed by atoms with van der Waals surface area (Å²) in [4.78, 5) is 24.2. The molecule has 5 nitrogen and oxygen atoms in total. The van der Waals surface area contributed by atoms with Gasteiger partial charge in [-0.05, 0) is 20.8 Å². The minimum absolute atomic E-state index is 0.0454. The van der Waals surface area contributed by atoms with Crippen molar-refractivity contribution in [1.29, 1.82) is 0 Å². The van der Waals surface area contributed by atoms with Gasteiger partial charge in [-0.3, -0.25) is 9.59 Å². The third-order valence-electron chi connectivity index (χ3n) is 1.87. The molecule has 0 aromatic rings. The first-order valence-corrected chi connectivity index (χ1v) is 5.27. The van der Waals surface area contributed by atoms with E-state index in [1.807, 2.05) is 20.8 Å². The Balaban J connectivity index is 4.00. The molecule has 1 N–H and O–H groups in total. The molecule has 0 bridgehead atoms. The Morgan fingerprint density at radius 1 is 1.27 bits per heavy atom. The summed E-state index contributed by atoms with van der Waals surface area (Å²) >= 11 is 0. The van der Waals surface area contributed by atoms with Gasteiger partial charge in [0.1, 0.15) is 6.61 Å². The topological polar surface area (TPSA) is 58.6 Å². The number of nitrogens with one attached hydrogen (secondary N) is 1. The van der Waals surface area contributed by atoms with Crippen molar-refractivity contribution in [1.82, 2.24) is 10.2 Å². The highest BCUT2D eigenvalue weighted by atomic mass is 16.5. The van der Waals surface area contributed by atoms with E-state index in [9.17, 15) is 9.59 Å². The molecule has 0 aromatic carbocycles. The van der Waals surface area contributed by atoms with Gasteiger partial charge in [0, 0.05) is 19.7 Å². The van der Waals surface area contributed by atoms with Gasteiger partial charge >= 0.3 is 0 Å². The highest BCUT2D eigenvalue weighted by molar-refractivity contribution is 5.85. The first-order valence-electron chi connectivity index (χ1n) is 5.27. The molecule has 0 atom stereocenters. The van der Waals surface area contributed by atoms with Gasteiger partial charge in [0.2, 0.25) is 11.8 Å². The smallest absolute Gasteiger partial charge is 0.249 e. The second kappa shape index (κ2) is 8.23. The fourth-order valence-corrected chi connectivity index (χ4v) is 1.08. The van der Waals surface area contributed by atoms with Gasteiger partial charge in [0.05, 0.1) is 6.54 Å². The summed E-state index contributed by atoms with van der Waals surface area (Å²) in [6, 6.07) is 0. The molecule has 0 aliphatic carbocycles. The molecule has 5 heteroatoms. The molecule has 0 saturated carbocycles. The summed E-state index contributed by atoms with van der Waals surface area (Å²) in [6.07, 6.45) is 0. The molecule has 0 saturated heterocycles. The molecule has 2 amide bonds. The van der Waals surface area contributed by atoms with Gasteiger partial charge in [-0.2, -0.15) is 0 Å². The van der Waals surface area contributed by atoms with Crippen LogP contribution in [0.4, 0.5) is 0 Å². The molecule has 0 rings (SSSR count). The van der Waals surface area contributed by atoms with Crippen molar-refractivity contribution in [2.45, 2.75) is 20.8 Å². The predicted octanol–water partition coefficient (Wildman–Crippen LogP) is 0.00750. The Labute approximate surface area is 90.8 Å². The second-order valence-corrected chi connectivity index (χ2v) is 3.00. The maximum Gasteiger partial charge on any atom is 0.249 e. The van der Waals surface area contributed by atoms with E-state index in [4.69, 9.17) is 4.74 Å². The zero-order valence-electron chi connectivity index (χ0n) is 9.71. The van der Waals surface area contributed by atoms with Crippen LogP contribution < -0.4 is 5.32 Å². The predicted molar refractivity (Wildman–Crippen MR) is 57.4 cm³/mol. The quantitative estimate of drug-likeness (QED) is 0.652. The maximum absolute atomic E-state index is 11.5. The molecule has 15 heavy (non-hydrogen) atoms. The van der Waals surface area contributed by atoms with Crippen LogP contribution in [-0.2, 0) is 14.3 Å². The zero-order valence-corrected chi connectivity index (χ0v) is 9.71. The van der Waals surface area contributed by atoms with Crippen molar-refractivity contribution in [3.63, 3.8) is 0 Å². The van der Waals surface area contributed by atoms with E-state index in [2.05, 4.69) is 5.32 Å². The van der Waals surface area contributed by atoms with E-state index in [1.54, 1.807) is 0 Å². The minimum atomic E-state index is -0.148. The van der Waals surface area contributed by atoms with Crippen LogP contribution in [0.1, 0.15) is 20.8 Å². The highest BCUT2D eigenvalue weighted by Crippen LogP contribution is 1.90. The number of carbonyl (C=O) groups excluding carboxylic acids is 2. The molecule has 0 aromatic heterocycles. The lowest BCUT2D eigenvalue weighted by Crippen LogP contribution is -2.42. The minimum Gasteiger partial charge on any atom is -0.372 e. The van der Waals surface area contributed by atoms with Crippen LogP contribution in [0.2, 0.25) is 0 Å². The van der Waals surface area contributed by atoms with Gasteiger partial charge in [0.15, 0.2) is 0 Å². The van der Waals surface area contributed by atoms with Crippen LogP contribution in [-0.4, -0.2) is 49.6 Å². The van der Waals surface area contributed by atoms with Gasteiger partial charge in [-0.25, -0.2) is 0 Å². The van der Waals surface area contributed by atoms with E-state index in [-0.39, 0.29) is 25.0 Å². The normalized spacial score (nSPS) is 9.80. The molecule has 0 unspecified atom stereocenters. The van der Waals surface area contributed by atoms with Crippen molar-refractivity contribution >= 4 is 11.8 Å². The van der Waals surface area contributed by atoms with Crippen LogP contribution in [0.15, 0.2) is 0 Å². The monoisotopic (exact) mass is 216 g/mol. The summed E-state index contributed by atoms with van der Waals surface area (Å²) in [6.45, 7) is 7.26. The van der Waals surface area contributed by atoms with Crippen molar-refractivity contribution in [2.75, 3.05) is 32.8 Å². The van der Waals surface area contributed by atoms with Gasteiger partial charge < -0.3 is 15.0 Å². The first-order chi connectivity index (χ1) is 7.15. The zero-order chi connectivity index (χ0) is 11.7. The van der Waals surface area contributed by atoms with Crippen molar-refractivity contribution < 1.29 is 14.3 Å². The molecule has 0 radical (unpaired) electrons. The Hall–Kier alpha value is -1.10. The Morgan fingerprint density at radius 3 is 2.40 bits per heavy atom. The van der Waals surface area contributed by atoms with Crippen LogP contribution in [0.25, 0.3) is 0 Å². The second-order valence-electron chi connectivity index (χ2n) is 3.00. The molecule has 0 aliphatic rings. The number of likely N-dealkylation sites (N-methyl/N-ethyl adjacent to an activating group) is 2. The van der Waals surface area contributed by atoms with Gasteiger partial charge in [-0.1, -0.05) is 0 Å². The van der Waals surface area contributed by atoms with E-state index >= 15 is 0 Å². The SMILES string of the molecule is CCNC(=O)CN(CC)C(=O)COCC. The number of hydrogen-bond donors (Lipinski definition) is 1. The molecule has 0 spiro atoms. The fraction of sp³-hybridized carbons (Fsp3) is 0.800. The molecule has 88 valence electrons. The average Bonchev–Trinajstić information content (AvgIpc) is 2.22.